The molecule has 1 aromatic rings. The molecule has 0 spiro atoms. The summed E-state index contributed by atoms with van der Waals surface area (Å²) >= 11 is 0. The summed E-state index contributed by atoms with van der Waals surface area (Å²) in [5.41, 5.74) is 0.396. The molecule has 0 saturated carbocycles. The van der Waals surface area contributed by atoms with Crippen LogP contribution in [0, 0.1) is 5.92 Å². The van der Waals surface area contributed by atoms with Crippen molar-refractivity contribution in [2.45, 2.75) is 33.3 Å². The summed E-state index contributed by atoms with van der Waals surface area (Å²) < 4.78 is 16.5. The van der Waals surface area contributed by atoms with Gasteiger partial charge in [-0.15, -0.1) is 0 Å². The highest BCUT2D eigenvalue weighted by atomic mass is 16.6. The van der Waals surface area contributed by atoms with Crippen molar-refractivity contribution in [1.82, 2.24) is 0 Å². The average molecular weight is 266 g/mol. The molecule has 4 nitrogen and oxygen atoms in total. The Balaban J connectivity index is 3.00. The Morgan fingerprint density at radius 1 is 1.16 bits per heavy atom. The summed E-state index contributed by atoms with van der Waals surface area (Å²) in [5, 5.41) is 9.69. The van der Waals surface area contributed by atoms with Crippen molar-refractivity contribution in [2.24, 2.45) is 5.92 Å². The van der Waals surface area contributed by atoms with Crippen LogP contribution in [0.25, 0.3) is 0 Å². The molecule has 0 atom stereocenters. The van der Waals surface area contributed by atoms with Crippen LogP contribution in [0.15, 0.2) is 18.2 Å². The van der Waals surface area contributed by atoms with E-state index in [0.29, 0.717) is 11.7 Å². The van der Waals surface area contributed by atoms with Gasteiger partial charge in [-0.05, 0) is 37.4 Å². The number of hydrogen-bond donors (Lipinski definition) is 1. The lowest BCUT2D eigenvalue weighted by Crippen LogP contribution is -2.45. The molecule has 0 fully saturated rings. The van der Waals surface area contributed by atoms with Gasteiger partial charge >= 0.3 is 7.12 Å². The van der Waals surface area contributed by atoms with E-state index in [1.165, 1.54) is 0 Å². The number of benzene rings is 1. The van der Waals surface area contributed by atoms with E-state index < -0.39 is 7.12 Å². The van der Waals surface area contributed by atoms with Crippen LogP contribution in [0.3, 0.4) is 0 Å². The predicted octanol–water partition coefficient (Wildman–Crippen LogP) is 2.19. The molecule has 5 heteroatoms. The van der Waals surface area contributed by atoms with Gasteiger partial charge in [-0.3, -0.25) is 0 Å². The van der Waals surface area contributed by atoms with Crippen molar-refractivity contribution in [3.63, 3.8) is 0 Å². The van der Waals surface area contributed by atoms with Crippen molar-refractivity contribution in [3.8, 4) is 11.5 Å². The van der Waals surface area contributed by atoms with Gasteiger partial charge in [0.25, 0.3) is 0 Å². The molecular weight excluding hydrogens is 243 g/mol. The van der Waals surface area contributed by atoms with Gasteiger partial charge in [-0.25, -0.2) is 0 Å². The SMILES string of the molecule is COB(OC(C)(C)C(C)C)c1cc(O)cc(OC)c1. The Morgan fingerprint density at radius 2 is 1.79 bits per heavy atom. The zero-order chi connectivity index (χ0) is 14.6. The van der Waals surface area contributed by atoms with E-state index in [0.717, 1.165) is 5.46 Å². The van der Waals surface area contributed by atoms with Crippen LogP contribution < -0.4 is 10.2 Å². The van der Waals surface area contributed by atoms with Gasteiger partial charge in [0.1, 0.15) is 11.5 Å². The molecule has 0 saturated heterocycles. The maximum atomic E-state index is 9.69. The fourth-order valence-corrected chi connectivity index (χ4v) is 1.52. The number of aromatic hydroxyl groups is 1. The summed E-state index contributed by atoms with van der Waals surface area (Å²) in [7, 11) is 2.59. The van der Waals surface area contributed by atoms with Crippen molar-refractivity contribution in [3.05, 3.63) is 18.2 Å². The third-order valence-corrected chi connectivity index (χ3v) is 3.44. The summed E-state index contributed by atoms with van der Waals surface area (Å²) in [6, 6.07) is 4.96. The zero-order valence-electron chi connectivity index (χ0n) is 12.6. The Labute approximate surface area is 115 Å². The maximum Gasteiger partial charge on any atom is 0.494 e. The second kappa shape index (κ2) is 6.30. The lowest BCUT2D eigenvalue weighted by molar-refractivity contribution is 0.0371. The molecule has 0 unspecified atom stereocenters. The van der Waals surface area contributed by atoms with Gasteiger partial charge in [-0.2, -0.15) is 0 Å². The zero-order valence-corrected chi connectivity index (χ0v) is 12.6. The van der Waals surface area contributed by atoms with E-state index in [1.54, 1.807) is 32.4 Å². The summed E-state index contributed by atoms with van der Waals surface area (Å²) in [6.45, 7) is 8.22. The number of phenolic OH excluding ortho intramolecular Hbond substituents is 1. The topological polar surface area (TPSA) is 47.9 Å². The monoisotopic (exact) mass is 266 g/mol. The van der Waals surface area contributed by atoms with Crippen molar-refractivity contribution in [1.29, 1.82) is 0 Å². The van der Waals surface area contributed by atoms with Gasteiger partial charge in [-0.1, -0.05) is 13.8 Å². The Bertz CT molecular complexity index is 418. The fourth-order valence-electron chi connectivity index (χ4n) is 1.52. The number of phenols is 1. The summed E-state index contributed by atoms with van der Waals surface area (Å²) in [4.78, 5) is 0. The van der Waals surface area contributed by atoms with E-state index in [4.69, 9.17) is 14.0 Å². The Kier molecular flexibility index (Phi) is 5.26. The minimum absolute atomic E-state index is 0.127. The first-order chi connectivity index (χ1) is 8.80. The molecule has 1 N–H and O–H groups in total. The number of methoxy groups -OCH3 is 1. The second-order valence-electron chi connectivity index (χ2n) is 5.41. The fraction of sp³-hybridized carbons (Fsp3) is 0.571. The van der Waals surface area contributed by atoms with Crippen molar-refractivity contribution >= 4 is 12.6 Å². The van der Waals surface area contributed by atoms with Crippen LogP contribution >= 0.6 is 0 Å². The molecule has 0 aliphatic heterocycles. The molecule has 0 radical (unpaired) electrons. The first kappa shape index (κ1) is 15.9. The highest BCUT2D eigenvalue weighted by Gasteiger charge is 2.32. The minimum Gasteiger partial charge on any atom is -0.508 e. The van der Waals surface area contributed by atoms with Gasteiger partial charge in [0.05, 0.1) is 12.7 Å². The summed E-state index contributed by atoms with van der Waals surface area (Å²) in [5.74, 6) is 1.04. The molecule has 1 aromatic carbocycles. The molecule has 106 valence electrons. The van der Waals surface area contributed by atoms with Gasteiger partial charge in [0.15, 0.2) is 0 Å². The quantitative estimate of drug-likeness (QED) is 0.802. The van der Waals surface area contributed by atoms with E-state index in [2.05, 4.69) is 13.8 Å². The van der Waals surface area contributed by atoms with Crippen LogP contribution in [-0.2, 0) is 9.31 Å². The van der Waals surface area contributed by atoms with Crippen LogP contribution in [-0.4, -0.2) is 32.0 Å². The van der Waals surface area contributed by atoms with E-state index >= 15 is 0 Å². The van der Waals surface area contributed by atoms with Crippen LogP contribution in [0.1, 0.15) is 27.7 Å². The minimum atomic E-state index is -0.543. The molecule has 1 rings (SSSR count). The largest absolute Gasteiger partial charge is 0.508 e. The van der Waals surface area contributed by atoms with E-state index in [1.807, 2.05) is 13.8 Å². The first-order valence-corrected chi connectivity index (χ1v) is 6.38. The van der Waals surface area contributed by atoms with Crippen LogP contribution in [0.5, 0.6) is 11.5 Å². The normalized spacial score (nSPS) is 11.7. The molecule has 0 aromatic heterocycles. The molecule has 0 aliphatic carbocycles. The third kappa shape index (κ3) is 4.15. The highest BCUT2D eigenvalue weighted by molar-refractivity contribution is 6.61. The molecule has 0 heterocycles. The van der Waals surface area contributed by atoms with E-state index in [-0.39, 0.29) is 11.4 Å². The second-order valence-corrected chi connectivity index (χ2v) is 5.41. The Hall–Kier alpha value is -1.20. The molecular formula is C14H23BO4. The van der Waals surface area contributed by atoms with Gasteiger partial charge < -0.3 is 19.2 Å². The third-order valence-electron chi connectivity index (χ3n) is 3.44. The first-order valence-electron chi connectivity index (χ1n) is 6.38. The average Bonchev–Trinajstić information content (AvgIpc) is 2.34. The van der Waals surface area contributed by atoms with Crippen LogP contribution in [0.4, 0.5) is 0 Å². The number of hydrogen-bond acceptors (Lipinski definition) is 4. The molecule has 0 bridgehead atoms. The Morgan fingerprint density at radius 3 is 2.26 bits per heavy atom. The molecule has 0 aliphatic rings. The molecule has 19 heavy (non-hydrogen) atoms. The number of rotatable bonds is 6. The van der Waals surface area contributed by atoms with Crippen molar-refractivity contribution in [2.75, 3.05) is 14.2 Å². The van der Waals surface area contributed by atoms with Crippen molar-refractivity contribution < 1.29 is 19.2 Å². The lowest BCUT2D eigenvalue weighted by atomic mass is 9.76. The number of ether oxygens (including phenoxy) is 1. The standard InChI is InChI=1S/C14H23BO4/c1-10(2)14(3,4)19-15(18-6)11-7-12(16)9-13(8-11)17-5/h7-10,16H,1-6H3. The maximum absolute atomic E-state index is 9.69. The van der Waals surface area contributed by atoms with Gasteiger partial charge in [0.2, 0.25) is 0 Å². The predicted molar refractivity (Wildman–Crippen MR) is 77.1 cm³/mol. The van der Waals surface area contributed by atoms with Crippen LogP contribution in [0.2, 0.25) is 0 Å². The lowest BCUT2D eigenvalue weighted by Gasteiger charge is -2.32. The smallest absolute Gasteiger partial charge is 0.494 e. The highest BCUT2D eigenvalue weighted by Crippen LogP contribution is 2.23. The van der Waals surface area contributed by atoms with Gasteiger partial charge in [0, 0.05) is 13.2 Å². The molecule has 0 amide bonds. The summed E-state index contributed by atoms with van der Waals surface area (Å²) in [6.07, 6.45) is 0. The van der Waals surface area contributed by atoms with E-state index in [9.17, 15) is 5.11 Å².